The second-order valence-electron chi connectivity index (χ2n) is 5.65. The molecule has 0 saturated heterocycles. The van der Waals surface area contributed by atoms with Gasteiger partial charge in [-0.15, -0.1) is 0 Å². The zero-order valence-electron chi connectivity index (χ0n) is 12.1. The van der Waals surface area contributed by atoms with E-state index in [1.54, 1.807) is 0 Å². The van der Waals surface area contributed by atoms with Gasteiger partial charge in [0.05, 0.1) is 24.1 Å². The van der Waals surface area contributed by atoms with E-state index in [4.69, 9.17) is 10.00 Å². The summed E-state index contributed by atoms with van der Waals surface area (Å²) in [5.41, 5.74) is -0.868. The van der Waals surface area contributed by atoms with Crippen LogP contribution >= 0.6 is 0 Å². The van der Waals surface area contributed by atoms with E-state index in [1.807, 2.05) is 26.8 Å². The zero-order chi connectivity index (χ0) is 14.8. The molecule has 2 rings (SSSR count). The van der Waals surface area contributed by atoms with Crippen molar-refractivity contribution in [3.8, 4) is 6.07 Å². The third-order valence-corrected chi connectivity index (χ3v) is 4.22. The Morgan fingerprint density at radius 3 is 2.75 bits per heavy atom. The zero-order valence-corrected chi connectivity index (χ0v) is 12.1. The number of nitrogens with one attached hydrogen (secondary N) is 1. The first-order chi connectivity index (χ1) is 9.43. The average Bonchev–Trinajstić information content (AvgIpc) is 2.45. The SMILES string of the molecule is CCO[C@@H]1C[C@](O)(CNc2cnc(C#N)cn2)C1(C)C. The summed E-state index contributed by atoms with van der Waals surface area (Å²) in [6, 6.07) is 1.91. The predicted molar refractivity (Wildman–Crippen MR) is 74.0 cm³/mol. The lowest BCUT2D eigenvalue weighted by Crippen LogP contribution is -2.67. The molecule has 0 unspecified atom stereocenters. The van der Waals surface area contributed by atoms with E-state index >= 15 is 0 Å². The fourth-order valence-electron chi connectivity index (χ4n) is 2.48. The third kappa shape index (κ3) is 2.47. The van der Waals surface area contributed by atoms with Crippen molar-refractivity contribution < 1.29 is 9.84 Å². The summed E-state index contributed by atoms with van der Waals surface area (Å²) in [7, 11) is 0. The smallest absolute Gasteiger partial charge is 0.158 e. The summed E-state index contributed by atoms with van der Waals surface area (Å²) in [5, 5.41) is 22.4. The van der Waals surface area contributed by atoms with Crippen LogP contribution in [0.1, 0.15) is 32.9 Å². The van der Waals surface area contributed by atoms with E-state index in [0.717, 1.165) is 0 Å². The summed E-state index contributed by atoms with van der Waals surface area (Å²) in [6.07, 6.45) is 3.57. The number of ether oxygens (including phenoxy) is 1. The van der Waals surface area contributed by atoms with Crippen LogP contribution in [0.15, 0.2) is 12.4 Å². The van der Waals surface area contributed by atoms with Crippen LogP contribution < -0.4 is 5.32 Å². The Morgan fingerprint density at radius 1 is 1.50 bits per heavy atom. The molecule has 1 aromatic heterocycles. The number of hydrogen-bond acceptors (Lipinski definition) is 6. The van der Waals surface area contributed by atoms with E-state index in [9.17, 15) is 5.11 Å². The molecule has 0 radical (unpaired) electrons. The minimum atomic E-state index is -0.831. The van der Waals surface area contributed by atoms with E-state index in [0.29, 0.717) is 25.4 Å². The largest absolute Gasteiger partial charge is 0.387 e. The molecule has 6 nitrogen and oxygen atoms in total. The Morgan fingerprint density at radius 2 is 2.25 bits per heavy atom. The van der Waals surface area contributed by atoms with E-state index < -0.39 is 5.60 Å². The molecule has 0 aromatic carbocycles. The Bertz CT molecular complexity index is 509. The molecule has 1 saturated carbocycles. The Kier molecular flexibility index (Phi) is 3.93. The van der Waals surface area contributed by atoms with Crippen molar-refractivity contribution in [3.05, 3.63) is 18.1 Å². The number of nitriles is 1. The van der Waals surface area contributed by atoms with Crippen LogP contribution in [0.3, 0.4) is 0 Å². The van der Waals surface area contributed by atoms with Gasteiger partial charge in [0.2, 0.25) is 0 Å². The van der Waals surface area contributed by atoms with Crippen molar-refractivity contribution in [2.75, 3.05) is 18.5 Å². The molecule has 1 aliphatic rings. The highest BCUT2D eigenvalue weighted by molar-refractivity contribution is 5.34. The van der Waals surface area contributed by atoms with Gasteiger partial charge in [-0.2, -0.15) is 5.26 Å². The van der Waals surface area contributed by atoms with Gasteiger partial charge >= 0.3 is 0 Å². The van der Waals surface area contributed by atoms with Crippen LogP contribution in [0.5, 0.6) is 0 Å². The molecule has 1 fully saturated rings. The number of aromatic nitrogens is 2. The van der Waals surface area contributed by atoms with Crippen molar-refractivity contribution >= 4 is 5.82 Å². The Hall–Kier alpha value is -1.71. The van der Waals surface area contributed by atoms with Crippen LogP contribution in [0.25, 0.3) is 0 Å². The van der Waals surface area contributed by atoms with E-state index in [1.165, 1.54) is 12.4 Å². The van der Waals surface area contributed by atoms with Crippen LogP contribution in [-0.4, -0.2) is 39.9 Å². The first-order valence-corrected chi connectivity index (χ1v) is 6.73. The van der Waals surface area contributed by atoms with Crippen LogP contribution in [0, 0.1) is 16.7 Å². The van der Waals surface area contributed by atoms with Gasteiger partial charge in [0.25, 0.3) is 0 Å². The fraction of sp³-hybridized carbons (Fsp3) is 0.643. The molecule has 1 aliphatic carbocycles. The van der Waals surface area contributed by atoms with Crippen molar-refractivity contribution in [1.82, 2.24) is 9.97 Å². The molecule has 2 atom stereocenters. The molecule has 1 heterocycles. The monoisotopic (exact) mass is 276 g/mol. The molecular weight excluding hydrogens is 256 g/mol. The molecular formula is C14H20N4O2. The molecule has 0 spiro atoms. The molecule has 20 heavy (non-hydrogen) atoms. The molecule has 6 heteroatoms. The number of hydrogen-bond donors (Lipinski definition) is 2. The second kappa shape index (κ2) is 5.35. The summed E-state index contributed by atoms with van der Waals surface area (Å²) >= 11 is 0. The van der Waals surface area contributed by atoms with E-state index in [2.05, 4.69) is 15.3 Å². The lowest BCUT2D eigenvalue weighted by Gasteiger charge is -2.58. The predicted octanol–water partition coefficient (Wildman–Crippen LogP) is 1.33. The minimum Gasteiger partial charge on any atom is -0.387 e. The second-order valence-corrected chi connectivity index (χ2v) is 5.65. The van der Waals surface area contributed by atoms with Crippen molar-refractivity contribution in [2.45, 2.75) is 38.9 Å². The summed E-state index contributed by atoms with van der Waals surface area (Å²) in [4.78, 5) is 8.01. The highest BCUT2D eigenvalue weighted by Crippen LogP contribution is 2.51. The molecule has 2 N–H and O–H groups in total. The van der Waals surface area contributed by atoms with Gasteiger partial charge in [0, 0.05) is 25.0 Å². The van der Waals surface area contributed by atoms with Crippen molar-refractivity contribution in [1.29, 1.82) is 5.26 Å². The first-order valence-electron chi connectivity index (χ1n) is 6.73. The molecule has 108 valence electrons. The summed E-state index contributed by atoms with van der Waals surface area (Å²) in [6.45, 7) is 6.99. The maximum absolute atomic E-state index is 10.7. The quantitative estimate of drug-likeness (QED) is 0.843. The molecule has 0 bridgehead atoms. The highest BCUT2D eigenvalue weighted by atomic mass is 16.5. The molecule has 1 aromatic rings. The third-order valence-electron chi connectivity index (χ3n) is 4.22. The Balaban J connectivity index is 1.95. The van der Waals surface area contributed by atoms with Crippen LogP contribution in [0.4, 0.5) is 5.82 Å². The Labute approximate surface area is 118 Å². The summed E-state index contributed by atoms with van der Waals surface area (Å²) in [5.74, 6) is 0.549. The molecule has 0 amide bonds. The highest BCUT2D eigenvalue weighted by Gasteiger charge is 2.59. The van der Waals surface area contributed by atoms with Crippen molar-refractivity contribution in [3.63, 3.8) is 0 Å². The normalized spacial score (nSPS) is 27.4. The van der Waals surface area contributed by atoms with Gasteiger partial charge in [-0.25, -0.2) is 9.97 Å². The lowest BCUT2D eigenvalue weighted by molar-refractivity contribution is -0.233. The minimum absolute atomic E-state index is 0.0753. The van der Waals surface area contributed by atoms with Crippen LogP contribution in [0.2, 0.25) is 0 Å². The van der Waals surface area contributed by atoms with Gasteiger partial charge < -0.3 is 15.2 Å². The maximum atomic E-state index is 10.7. The standard InChI is InChI=1S/C14H20N4O2/c1-4-20-11-5-14(19,13(11,2)3)9-18-12-8-16-10(6-15)7-17-12/h7-8,11,19H,4-5,9H2,1-3H3,(H,17,18)/t11-,14+/m1/s1. The number of rotatable bonds is 5. The van der Waals surface area contributed by atoms with E-state index in [-0.39, 0.29) is 17.2 Å². The maximum Gasteiger partial charge on any atom is 0.158 e. The first kappa shape index (κ1) is 14.7. The van der Waals surface area contributed by atoms with Gasteiger partial charge in [-0.05, 0) is 6.92 Å². The average molecular weight is 276 g/mol. The number of nitrogens with zero attached hydrogens (tertiary/aromatic N) is 3. The van der Waals surface area contributed by atoms with Gasteiger partial charge in [0.1, 0.15) is 11.9 Å². The van der Waals surface area contributed by atoms with Gasteiger partial charge in [-0.3, -0.25) is 0 Å². The summed E-state index contributed by atoms with van der Waals surface area (Å²) < 4.78 is 5.62. The van der Waals surface area contributed by atoms with Gasteiger partial charge in [-0.1, -0.05) is 13.8 Å². The lowest BCUT2D eigenvalue weighted by atomic mass is 9.56. The van der Waals surface area contributed by atoms with Crippen LogP contribution in [-0.2, 0) is 4.74 Å². The molecule has 0 aliphatic heterocycles. The fourth-order valence-corrected chi connectivity index (χ4v) is 2.48. The number of aliphatic hydroxyl groups is 1. The number of anilines is 1. The topological polar surface area (TPSA) is 91.1 Å². The van der Waals surface area contributed by atoms with Gasteiger partial charge in [0.15, 0.2) is 5.69 Å². The van der Waals surface area contributed by atoms with Crippen molar-refractivity contribution in [2.24, 2.45) is 5.41 Å².